The molecular formula is C37H63N3O7. The van der Waals surface area contributed by atoms with Crippen LogP contribution < -0.4 is 5.32 Å². The van der Waals surface area contributed by atoms with Gasteiger partial charge in [-0.25, -0.2) is 4.79 Å². The average molecular weight is 662 g/mol. The quantitative estimate of drug-likeness (QED) is 0.187. The van der Waals surface area contributed by atoms with Crippen LogP contribution in [-0.2, 0) is 28.7 Å². The summed E-state index contributed by atoms with van der Waals surface area (Å²) in [5, 5.41) is 12.9. The van der Waals surface area contributed by atoms with E-state index in [2.05, 4.69) is 52.1 Å². The smallest absolute Gasteiger partial charge is 0.326 e. The van der Waals surface area contributed by atoms with Crippen molar-refractivity contribution >= 4 is 23.7 Å². The van der Waals surface area contributed by atoms with Gasteiger partial charge in [0, 0.05) is 34.2 Å². The van der Waals surface area contributed by atoms with Crippen LogP contribution in [-0.4, -0.2) is 96.7 Å². The van der Waals surface area contributed by atoms with Crippen LogP contribution in [0.15, 0.2) is 23.3 Å². The summed E-state index contributed by atoms with van der Waals surface area (Å²) < 4.78 is 11.8. The lowest BCUT2D eigenvalue weighted by atomic mass is 9.80. The number of aliphatic carboxylic acids is 1. The van der Waals surface area contributed by atoms with Crippen LogP contribution in [0.3, 0.4) is 0 Å². The maximum atomic E-state index is 13.9. The number of carboxylic acids is 1. The molecule has 0 saturated carbocycles. The SMILES string of the molecule is CCC1=CC(C)C=C(C[C@H](NC(=O)[C@H](C)[C@@H](OC)[C@@H]2CCCN2C(=O)C[C@@H](OC)[C@H]([C@@H](C)CC)N(C)C(=O)CC(C)C)C(=O)O)C1C. The van der Waals surface area contributed by atoms with Crippen LogP contribution in [0.2, 0.25) is 0 Å². The number of likely N-dealkylation sites (tertiary alicyclic amines) is 1. The summed E-state index contributed by atoms with van der Waals surface area (Å²) in [6.45, 7) is 16.7. The highest BCUT2D eigenvalue weighted by Crippen LogP contribution is 2.33. The van der Waals surface area contributed by atoms with Crippen LogP contribution in [0.5, 0.6) is 0 Å². The van der Waals surface area contributed by atoms with Crippen molar-refractivity contribution in [2.75, 3.05) is 27.8 Å². The minimum Gasteiger partial charge on any atom is -0.480 e. The minimum absolute atomic E-state index is 0.0313. The Morgan fingerprint density at radius 2 is 1.66 bits per heavy atom. The fourth-order valence-electron chi connectivity index (χ4n) is 7.48. The second-order valence-electron chi connectivity index (χ2n) is 14.3. The van der Waals surface area contributed by atoms with E-state index in [1.807, 2.05) is 13.8 Å². The Morgan fingerprint density at radius 1 is 1.02 bits per heavy atom. The van der Waals surface area contributed by atoms with E-state index in [-0.39, 0.29) is 60.4 Å². The standard InChI is InChI=1S/C37H63N3O7/c1-12-24(6)34(39(9)32(41)17-22(3)4)31(46-10)21-33(42)40-16-14-15-30(40)35(47-11)26(8)36(43)38-29(37(44)45)20-28-19-23(5)18-27(13-2)25(28)7/h18-19,22-26,29-31,34-35H,12-17,20-21H2,1-11H3,(H,38,43)(H,44,45)/t23?,24-,25?,26+,29-,30-,31+,34-,35+/m0/s1. The molecule has 2 rings (SSSR count). The van der Waals surface area contributed by atoms with Crippen molar-refractivity contribution in [2.45, 2.75) is 131 Å². The second-order valence-corrected chi connectivity index (χ2v) is 14.3. The van der Waals surface area contributed by atoms with Crippen LogP contribution in [0, 0.1) is 29.6 Å². The molecule has 1 saturated heterocycles. The van der Waals surface area contributed by atoms with E-state index in [0.29, 0.717) is 19.4 Å². The van der Waals surface area contributed by atoms with Crippen LogP contribution in [0.4, 0.5) is 0 Å². The zero-order chi connectivity index (χ0) is 35.6. The summed E-state index contributed by atoms with van der Waals surface area (Å²) in [6.07, 6.45) is 7.10. The first kappa shape index (κ1) is 40.5. The van der Waals surface area contributed by atoms with Gasteiger partial charge in [0.25, 0.3) is 0 Å². The van der Waals surface area contributed by atoms with Crippen molar-refractivity contribution in [2.24, 2.45) is 29.6 Å². The highest BCUT2D eigenvalue weighted by molar-refractivity contribution is 5.85. The van der Waals surface area contributed by atoms with Gasteiger partial charge in [0.15, 0.2) is 0 Å². The molecule has 0 radical (unpaired) electrons. The molecule has 47 heavy (non-hydrogen) atoms. The van der Waals surface area contributed by atoms with E-state index in [1.54, 1.807) is 30.9 Å². The molecule has 0 spiro atoms. The predicted molar refractivity (Wildman–Crippen MR) is 185 cm³/mol. The first-order valence-corrected chi connectivity index (χ1v) is 17.7. The predicted octanol–water partition coefficient (Wildman–Crippen LogP) is 5.46. The number of nitrogens with one attached hydrogen (secondary N) is 1. The van der Waals surface area contributed by atoms with Crippen LogP contribution in [0.25, 0.3) is 0 Å². The zero-order valence-corrected chi connectivity index (χ0v) is 30.9. The number of likely N-dealkylation sites (N-methyl/N-ethyl adjacent to an activating group) is 1. The third-order valence-corrected chi connectivity index (χ3v) is 10.4. The Bertz CT molecular complexity index is 1130. The molecule has 3 amide bonds. The number of rotatable bonds is 18. The second kappa shape index (κ2) is 18.7. The lowest BCUT2D eigenvalue weighted by molar-refractivity contribution is -0.147. The average Bonchev–Trinajstić information content (AvgIpc) is 3.50. The van der Waals surface area contributed by atoms with E-state index < -0.39 is 36.0 Å². The van der Waals surface area contributed by atoms with Gasteiger partial charge >= 0.3 is 5.97 Å². The summed E-state index contributed by atoms with van der Waals surface area (Å²) in [6, 6.07) is -1.70. The molecule has 1 aliphatic carbocycles. The molecule has 2 aliphatic rings. The van der Waals surface area contributed by atoms with Crippen molar-refractivity contribution in [1.82, 2.24) is 15.1 Å². The number of carbonyl (C=O) groups excluding carboxylic acids is 3. The number of amides is 3. The van der Waals surface area contributed by atoms with Gasteiger partial charge in [-0.2, -0.15) is 0 Å². The summed E-state index contributed by atoms with van der Waals surface area (Å²) in [5.41, 5.74) is 2.30. The first-order valence-electron chi connectivity index (χ1n) is 17.7. The normalized spacial score (nSPS) is 23.7. The summed E-state index contributed by atoms with van der Waals surface area (Å²) in [7, 11) is 4.92. The van der Waals surface area contributed by atoms with E-state index in [9.17, 15) is 24.3 Å². The number of ether oxygens (including phenoxy) is 2. The number of carboxylic acid groups (broad SMARTS) is 1. The minimum atomic E-state index is -1.08. The van der Waals surface area contributed by atoms with Gasteiger partial charge in [0.1, 0.15) is 6.04 Å². The van der Waals surface area contributed by atoms with Gasteiger partial charge in [-0.05, 0) is 49.4 Å². The Hall–Kier alpha value is -2.72. The Balaban J connectivity index is 2.20. The molecule has 0 aromatic carbocycles. The molecule has 1 heterocycles. The Labute approximate surface area is 283 Å². The highest BCUT2D eigenvalue weighted by atomic mass is 16.5. The van der Waals surface area contributed by atoms with Crippen LogP contribution in [0.1, 0.15) is 100 Å². The van der Waals surface area contributed by atoms with Crippen molar-refractivity contribution in [1.29, 1.82) is 0 Å². The molecule has 9 atom stereocenters. The van der Waals surface area contributed by atoms with E-state index in [4.69, 9.17) is 9.47 Å². The number of hydrogen-bond acceptors (Lipinski definition) is 6. The summed E-state index contributed by atoms with van der Waals surface area (Å²) >= 11 is 0. The van der Waals surface area contributed by atoms with E-state index >= 15 is 0 Å². The van der Waals surface area contributed by atoms with E-state index in [0.717, 1.165) is 24.8 Å². The Kier molecular flexibility index (Phi) is 16.1. The molecule has 1 fully saturated rings. The molecule has 0 aromatic heterocycles. The lowest BCUT2D eigenvalue weighted by Gasteiger charge is -2.39. The number of nitrogens with zero attached hydrogens (tertiary/aromatic N) is 2. The monoisotopic (exact) mass is 661 g/mol. The molecule has 10 nitrogen and oxygen atoms in total. The third kappa shape index (κ3) is 10.6. The number of methoxy groups -OCH3 is 2. The molecular weight excluding hydrogens is 598 g/mol. The molecule has 268 valence electrons. The highest BCUT2D eigenvalue weighted by Gasteiger charge is 2.42. The molecule has 1 aliphatic heterocycles. The van der Waals surface area contributed by atoms with Gasteiger partial charge in [0.2, 0.25) is 17.7 Å². The van der Waals surface area contributed by atoms with Gasteiger partial charge in [0.05, 0.1) is 36.6 Å². The van der Waals surface area contributed by atoms with Crippen LogP contribution >= 0.6 is 0 Å². The summed E-state index contributed by atoms with van der Waals surface area (Å²) in [5.74, 6) is -1.60. The van der Waals surface area contributed by atoms with Crippen molar-refractivity contribution in [3.8, 4) is 0 Å². The fourth-order valence-corrected chi connectivity index (χ4v) is 7.48. The molecule has 0 aromatic rings. The maximum Gasteiger partial charge on any atom is 0.326 e. The van der Waals surface area contributed by atoms with Gasteiger partial charge in [-0.1, -0.05) is 85.1 Å². The third-order valence-electron chi connectivity index (χ3n) is 10.4. The maximum absolute atomic E-state index is 13.9. The molecule has 10 heteroatoms. The Morgan fingerprint density at radius 3 is 2.19 bits per heavy atom. The zero-order valence-electron chi connectivity index (χ0n) is 30.9. The fraction of sp³-hybridized carbons (Fsp3) is 0.784. The van der Waals surface area contributed by atoms with Crippen molar-refractivity contribution < 1.29 is 33.8 Å². The van der Waals surface area contributed by atoms with E-state index in [1.165, 1.54) is 12.7 Å². The lowest BCUT2D eigenvalue weighted by Crippen LogP contribution is -2.54. The molecule has 2 N–H and O–H groups in total. The number of hydrogen-bond donors (Lipinski definition) is 2. The van der Waals surface area contributed by atoms with Crippen molar-refractivity contribution in [3.63, 3.8) is 0 Å². The van der Waals surface area contributed by atoms with Gasteiger partial charge in [-0.3, -0.25) is 14.4 Å². The van der Waals surface area contributed by atoms with Gasteiger partial charge in [-0.15, -0.1) is 0 Å². The largest absolute Gasteiger partial charge is 0.480 e. The van der Waals surface area contributed by atoms with Gasteiger partial charge < -0.3 is 29.7 Å². The topological polar surface area (TPSA) is 125 Å². The van der Waals surface area contributed by atoms with Crippen molar-refractivity contribution in [3.05, 3.63) is 23.3 Å². The number of carbonyl (C=O) groups is 4. The molecule has 2 unspecified atom stereocenters. The number of allylic oxidation sites excluding steroid dienone is 3. The summed E-state index contributed by atoms with van der Waals surface area (Å²) in [4.78, 5) is 56.4. The molecule has 0 bridgehead atoms. The first-order chi connectivity index (χ1) is 22.1.